The molecule has 0 spiro atoms. The molecule has 0 saturated carbocycles. The van der Waals surface area contributed by atoms with E-state index in [4.69, 9.17) is 5.11 Å². The number of carboxylic acids is 1. The van der Waals surface area contributed by atoms with Gasteiger partial charge in [-0.25, -0.2) is 4.79 Å². The first-order valence-electron chi connectivity index (χ1n) is 4.09. The highest BCUT2D eigenvalue weighted by atomic mass is 32.1. The van der Waals surface area contributed by atoms with Gasteiger partial charge >= 0.3 is 5.97 Å². The smallest absolute Gasteiger partial charge is 0.377 e. The van der Waals surface area contributed by atoms with Crippen LogP contribution in [0.25, 0.3) is 9.75 Å². The second-order valence-corrected chi connectivity index (χ2v) is 4.64. The molecule has 1 N–H and O–H groups in total. The summed E-state index contributed by atoms with van der Waals surface area (Å²) < 4.78 is 0. The summed E-state index contributed by atoms with van der Waals surface area (Å²) in [6, 6.07) is 5.29. The van der Waals surface area contributed by atoms with Crippen molar-refractivity contribution in [3.05, 3.63) is 34.5 Å². The van der Waals surface area contributed by atoms with Crippen molar-refractivity contribution in [2.24, 2.45) is 0 Å². The van der Waals surface area contributed by atoms with Crippen molar-refractivity contribution in [3.8, 4) is 9.75 Å². The molecule has 5 heteroatoms. The Labute approximate surface area is 93.6 Å². The molecule has 0 saturated heterocycles. The van der Waals surface area contributed by atoms with Crippen LogP contribution in [0.3, 0.4) is 0 Å². The van der Waals surface area contributed by atoms with Gasteiger partial charge in [-0.15, -0.1) is 22.7 Å². The quantitative estimate of drug-likeness (QED) is 0.660. The Morgan fingerprint density at radius 1 is 1.13 bits per heavy atom. The number of carboxylic acid groups (broad SMARTS) is 1. The largest absolute Gasteiger partial charge is 0.475 e. The van der Waals surface area contributed by atoms with Crippen LogP contribution in [0.4, 0.5) is 0 Å². The number of carbonyl (C=O) groups excluding carboxylic acids is 1. The van der Waals surface area contributed by atoms with Crippen molar-refractivity contribution in [3.63, 3.8) is 0 Å². The summed E-state index contributed by atoms with van der Waals surface area (Å²) in [4.78, 5) is 23.6. The molecule has 2 aromatic rings. The van der Waals surface area contributed by atoms with Crippen LogP contribution < -0.4 is 0 Å². The summed E-state index contributed by atoms with van der Waals surface area (Å²) >= 11 is 2.87. The van der Waals surface area contributed by atoms with Crippen molar-refractivity contribution in [1.82, 2.24) is 0 Å². The van der Waals surface area contributed by atoms with Crippen LogP contribution >= 0.6 is 22.7 Å². The molecule has 0 aliphatic rings. The molecule has 0 aromatic carbocycles. The van der Waals surface area contributed by atoms with Gasteiger partial charge in [0, 0.05) is 10.4 Å². The second-order valence-electron chi connectivity index (χ2n) is 2.77. The van der Waals surface area contributed by atoms with E-state index in [9.17, 15) is 9.59 Å². The SMILES string of the molecule is O=C(O)C(=O)c1ccsc1-c1cccs1. The van der Waals surface area contributed by atoms with Crippen molar-refractivity contribution < 1.29 is 14.7 Å². The highest BCUT2D eigenvalue weighted by molar-refractivity contribution is 7.20. The third-order valence-electron chi connectivity index (χ3n) is 1.85. The molecule has 0 amide bonds. The number of carbonyl (C=O) groups is 2. The molecule has 2 heterocycles. The van der Waals surface area contributed by atoms with E-state index in [1.807, 2.05) is 17.5 Å². The van der Waals surface area contributed by atoms with Gasteiger partial charge in [0.15, 0.2) is 0 Å². The molecule has 3 nitrogen and oxygen atoms in total. The van der Waals surface area contributed by atoms with Crippen molar-refractivity contribution in [1.29, 1.82) is 0 Å². The minimum Gasteiger partial charge on any atom is -0.475 e. The summed E-state index contributed by atoms with van der Waals surface area (Å²) in [6.45, 7) is 0. The fourth-order valence-corrected chi connectivity index (χ4v) is 2.98. The minimum atomic E-state index is -1.41. The normalized spacial score (nSPS) is 10.1. The third kappa shape index (κ3) is 1.84. The molecule has 0 radical (unpaired) electrons. The lowest BCUT2D eigenvalue weighted by Crippen LogP contribution is -2.12. The van der Waals surface area contributed by atoms with Crippen LogP contribution in [0.1, 0.15) is 10.4 Å². The maximum absolute atomic E-state index is 11.3. The van der Waals surface area contributed by atoms with Crippen LogP contribution in [0.5, 0.6) is 0 Å². The summed E-state index contributed by atoms with van der Waals surface area (Å²) in [5.74, 6) is -2.26. The van der Waals surface area contributed by atoms with Gasteiger partial charge in [0.25, 0.3) is 5.78 Å². The number of hydrogen-bond donors (Lipinski definition) is 1. The predicted molar refractivity (Wildman–Crippen MR) is 59.6 cm³/mol. The maximum atomic E-state index is 11.3. The lowest BCUT2D eigenvalue weighted by Gasteiger charge is -1.96. The molecule has 0 aliphatic heterocycles. The van der Waals surface area contributed by atoms with Gasteiger partial charge in [-0.05, 0) is 22.9 Å². The molecular formula is C10H6O3S2. The number of aliphatic carboxylic acids is 1. The van der Waals surface area contributed by atoms with E-state index in [1.54, 1.807) is 11.4 Å². The molecule has 0 unspecified atom stereocenters. The van der Waals surface area contributed by atoms with E-state index >= 15 is 0 Å². The molecule has 2 rings (SSSR count). The molecule has 0 bridgehead atoms. The average Bonchev–Trinajstić information content (AvgIpc) is 2.86. The predicted octanol–water partition coefficient (Wildman–Crippen LogP) is 2.74. The van der Waals surface area contributed by atoms with E-state index in [1.165, 1.54) is 22.7 Å². The van der Waals surface area contributed by atoms with E-state index in [0.29, 0.717) is 0 Å². The van der Waals surface area contributed by atoms with Gasteiger partial charge in [-0.1, -0.05) is 6.07 Å². The van der Waals surface area contributed by atoms with Gasteiger partial charge < -0.3 is 5.11 Å². The monoisotopic (exact) mass is 238 g/mol. The van der Waals surface area contributed by atoms with Crippen molar-refractivity contribution in [2.75, 3.05) is 0 Å². The zero-order valence-electron chi connectivity index (χ0n) is 7.47. The lowest BCUT2D eigenvalue weighted by atomic mass is 10.1. The van der Waals surface area contributed by atoms with Crippen LogP contribution in [0, 0.1) is 0 Å². The van der Waals surface area contributed by atoms with Crippen LogP contribution in [-0.2, 0) is 4.79 Å². The van der Waals surface area contributed by atoms with Crippen molar-refractivity contribution in [2.45, 2.75) is 0 Å². The summed E-state index contributed by atoms with van der Waals surface area (Å²) in [5.41, 5.74) is 0.273. The number of Topliss-reactive ketones (excluding diaryl/α,β-unsaturated/α-hetero) is 1. The Kier molecular flexibility index (Phi) is 2.66. The van der Waals surface area contributed by atoms with Gasteiger partial charge in [-0.2, -0.15) is 0 Å². The Hall–Kier alpha value is -1.46. The molecular weight excluding hydrogens is 232 g/mol. The zero-order chi connectivity index (χ0) is 10.8. The fraction of sp³-hybridized carbons (Fsp3) is 0. The minimum absolute atomic E-state index is 0.273. The molecule has 0 atom stereocenters. The molecule has 0 fully saturated rings. The number of hydrogen-bond acceptors (Lipinski definition) is 4. The molecule has 76 valence electrons. The molecule has 15 heavy (non-hydrogen) atoms. The van der Waals surface area contributed by atoms with Crippen LogP contribution in [0.2, 0.25) is 0 Å². The lowest BCUT2D eigenvalue weighted by molar-refractivity contribution is -0.131. The van der Waals surface area contributed by atoms with Gasteiger partial charge in [0.05, 0.1) is 4.88 Å². The van der Waals surface area contributed by atoms with E-state index < -0.39 is 11.8 Å². The third-order valence-corrected chi connectivity index (χ3v) is 3.81. The van der Waals surface area contributed by atoms with Gasteiger partial charge in [0.2, 0.25) is 0 Å². The average molecular weight is 238 g/mol. The van der Waals surface area contributed by atoms with Crippen molar-refractivity contribution >= 4 is 34.4 Å². The first-order chi connectivity index (χ1) is 7.20. The fourth-order valence-electron chi connectivity index (χ4n) is 1.20. The highest BCUT2D eigenvalue weighted by Crippen LogP contribution is 2.33. The standard InChI is InChI=1S/C10H6O3S2/c11-8(10(12)13)6-3-5-15-9(6)7-2-1-4-14-7/h1-5H,(H,12,13). The number of rotatable bonds is 3. The zero-order valence-corrected chi connectivity index (χ0v) is 9.10. The Bertz CT molecular complexity index is 496. The first-order valence-corrected chi connectivity index (χ1v) is 5.85. The first kappa shape index (κ1) is 10.1. The van der Waals surface area contributed by atoms with E-state index in [2.05, 4.69) is 0 Å². The topological polar surface area (TPSA) is 54.4 Å². The van der Waals surface area contributed by atoms with Crippen LogP contribution in [-0.4, -0.2) is 16.9 Å². The van der Waals surface area contributed by atoms with E-state index in [-0.39, 0.29) is 5.56 Å². The summed E-state index contributed by atoms with van der Waals surface area (Å²) in [7, 11) is 0. The summed E-state index contributed by atoms with van der Waals surface area (Å²) in [5, 5.41) is 12.3. The Balaban J connectivity index is 2.47. The summed E-state index contributed by atoms with van der Waals surface area (Å²) in [6.07, 6.45) is 0. The molecule has 0 aliphatic carbocycles. The van der Waals surface area contributed by atoms with Crippen LogP contribution in [0.15, 0.2) is 29.0 Å². The Morgan fingerprint density at radius 2 is 1.93 bits per heavy atom. The highest BCUT2D eigenvalue weighted by Gasteiger charge is 2.20. The second kappa shape index (κ2) is 3.96. The molecule has 2 aromatic heterocycles. The number of thiophene rings is 2. The van der Waals surface area contributed by atoms with Gasteiger partial charge in [-0.3, -0.25) is 4.79 Å². The van der Waals surface area contributed by atoms with E-state index in [0.717, 1.165) is 9.75 Å². The Morgan fingerprint density at radius 3 is 2.53 bits per heavy atom. The number of ketones is 1. The van der Waals surface area contributed by atoms with Gasteiger partial charge in [0.1, 0.15) is 0 Å². The maximum Gasteiger partial charge on any atom is 0.377 e.